The molecule has 1 aliphatic rings. The average Bonchev–Trinajstić information content (AvgIpc) is 3.27. The van der Waals surface area contributed by atoms with Gasteiger partial charge in [0.15, 0.2) is 0 Å². The van der Waals surface area contributed by atoms with Crippen LogP contribution in [0, 0.1) is 5.92 Å². The van der Waals surface area contributed by atoms with Crippen LogP contribution >= 0.6 is 23.2 Å². The largest absolute Gasteiger partial charge is 0.306 e. The van der Waals surface area contributed by atoms with E-state index >= 15 is 0 Å². The van der Waals surface area contributed by atoms with Gasteiger partial charge in [-0.1, -0.05) is 59.6 Å². The van der Waals surface area contributed by atoms with Crippen LogP contribution in [0.4, 0.5) is 0 Å². The van der Waals surface area contributed by atoms with E-state index in [0.29, 0.717) is 11.1 Å². The molecule has 2 aromatic carbocycles. The highest BCUT2D eigenvalue weighted by molar-refractivity contribution is 6.35. The molecule has 3 heteroatoms. The Morgan fingerprint density at radius 3 is 2.45 bits per heavy atom. The van der Waals surface area contributed by atoms with Crippen molar-refractivity contribution in [2.45, 2.75) is 25.4 Å². The maximum Gasteiger partial charge on any atom is 0.0465 e. The first-order valence-electron chi connectivity index (χ1n) is 6.96. The summed E-state index contributed by atoms with van der Waals surface area (Å²) in [5.41, 5.74) is 2.46. The van der Waals surface area contributed by atoms with Crippen molar-refractivity contribution in [1.29, 1.82) is 0 Å². The molecule has 0 amide bonds. The standard InChI is InChI=1S/C17H17Cl2N/c18-15-9-8-14(16(19)10-15)11-20-17(13-6-7-13)12-4-2-1-3-5-12/h1-5,8-10,13,17,20H,6-7,11H2. The van der Waals surface area contributed by atoms with Gasteiger partial charge in [0.1, 0.15) is 0 Å². The van der Waals surface area contributed by atoms with E-state index in [1.54, 1.807) is 6.07 Å². The second-order valence-electron chi connectivity index (χ2n) is 5.34. The summed E-state index contributed by atoms with van der Waals surface area (Å²) in [4.78, 5) is 0. The highest BCUT2D eigenvalue weighted by atomic mass is 35.5. The van der Waals surface area contributed by atoms with Crippen LogP contribution in [0.1, 0.15) is 30.0 Å². The Hall–Kier alpha value is -1.02. The van der Waals surface area contributed by atoms with Gasteiger partial charge in [0.25, 0.3) is 0 Å². The molecule has 2 aromatic rings. The van der Waals surface area contributed by atoms with Crippen LogP contribution in [0.2, 0.25) is 10.0 Å². The van der Waals surface area contributed by atoms with Crippen molar-refractivity contribution in [3.8, 4) is 0 Å². The SMILES string of the molecule is Clc1ccc(CNC(c2ccccc2)C2CC2)c(Cl)c1. The first-order valence-corrected chi connectivity index (χ1v) is 7.72. The van der Waals surface area contributed by atoms with Gasteiger partial charge in [-0.25, -0.2) is 0 Å². The van der Waals surface area contributed by atoms with Crippen LogP contribution in [0.5, 0.6) is 0 Å². The fourth-order valence-corrected chi connectivity index (χ4v) is 3.01. The van der Waals surface area contributed by atoms with Gasteiger partial charge in [-0.2, -0.15) is 0 Å². The number of hydrogen-bond acceptors (Lipinski definition) is 1. The number of rotatable bonds is 5. The van der Waals surface area contributed by atoms with Crippen molar-refractivity contribution >= 4 is 23.2 Å². The monoisotopic (exact) mass is 305 g/mol. The maximum atomic E-state index is 6.23. The van der Waals surface area contributed by atoms with Crippen molar-refractivity contribution in [2.24, 2.45) is 5.92 Å². The Balaban J connectivity index is 1.72. The Morgan fingerprint density at radius 1 is 1.05 bits per heavy atom. The third kappa shape index (κ3) is 3.35. The molecule has 0 spiro atoms. The number of halogens is 2. The lowest BCUT2D eigenvalue weighted by atomic mass is 10.0. The molecule has 1 saturated carbocycles. The summed E-state index contributed by atoms with van der Waals surface area (Å²) < 4.78 is 0. The Labute approximate surface area is 129 Å². The number of benzene rings is 2. The molecule has 1 N–H and O–H groups in total. The molecule has 0 aromatic heterocycles. The third-order valence-electron chi connectivity index (χ3n) is 3.78. The second-order valence-corrected chi connectivity index (χ2v) is 6.19. The van der Waals surface area contributed by atoms with Crippen LogP contribution in [0.15, 0.2) is 48.5 Å². The van der Waals surface area contributed by atoms with Crippen LogP contribution in [-0.2, 0) is 6.54 Å². The molecule has 1 fully saturated rings. The normalized spacial score (nSPS) is 16.1. The quantitative estimate of drug-likeness (QED) is 0.797. The van der Waals surface area contributed by atoms with Crippen molar-refractivity contribution in [1.82, 2.24) is 5.32 Å². The van der Waals surface area contributed by atoms with Gasteiger partial charge in [0, 0.05) is 22.6 Å². The fourth-order valence-electron chi connectivity index (χ4n) is 2.53. The smallest absolute Gasteiger partial charge is 0.0465 e. The van der Waals surface area contributed by atoms with Crippen LogP contribution in [-0.4, -0.2) is 0 Å². The van der Waals surface area contributed by atoms with Crippen molar-refractivity contribution in [2.75, 3.05) is 0 Å². The first kappa shape index (κ1) is 13.9. The van der Waals surface area contributed by atoms with E-state index in [2.05, 4.69) is 35.6 Å². The summed E-state index contributed by atoms with van der Waals surface area (Å²) in [6, 6.07) is 16.7. The molecule has 1 nitrogen and oxygen atoms in total. The van der Waals surface area contributed by atoms with Gasteiger partial charge in [-0.3, -0.25) is 0 Å². The summed E-state index contributed by atoms with van der Waals surface area (Å²) in [6.45, 7) is 0.770. The average molecular weight is 306 g/mol. The van der Waals surface area contributed by atoms with E-state index in [1.807, 2.05) is 12.1 Å². The molecule has 0 radical (unpaired) electrons. The van der Waals surface area contributed by atoms with Gasteiger partial charge >= 0.3 is 0 Å². The van der Waals surface area contributed by atoms with E-state index < -0.39 is 0 Å². The predicted octanol–water partition coefficient (Wildman–Crippen LogP) is 5.23. The summed E-state index contributed by atoms with van der Waals surface area (Å²) in [7, 11) is 0. The van der Waals surface area contributed by atoms with Crippen molar-refractivity contribution < 1.29 is 0 Å². The summed E-state index contributed by atoms with van der Waals surface area (Å²) >= 11 is 12.2. The Morgan fingerprint density at radius 2 is 1.80 bits per heavy atom. The number of nitrogens with one attached hydrogen (secondary N) is 1. The van der Waals surface area contributed by atoms with Gasteiger partial charge in [0.2, 0.25) is 0 Å². The highest BCUT2D eigenvalue weighted by Gasteiger charge is 2.31. The maximum absolute atomic E-state index is 6.23. The molecular weight excluding hydrogens is 289 g/mol. The summed E-state index contributed by atoms with van der Waals surface area (Å²) in [5, 5.41) is 5.06. The second kappa shape index (κ2) is 6.17. The molecule has 0 saturated heterocycles. The minimum Gasteiger partial charge on any atom is -0.306 e. The van der Waals surface area contributed by atoms with Crippen LogP contribution < -0.4 is 5.32 Å². The molecule has 0 bridgehead atoms. The minimum absolute atomic E-state index is 0.419. The molecule has 20 heavy (non-hydrogen) atoms. The Bertz CT molecular complexity index is 579. The molecule has 0 heterocycles. The molecular formula is C17H17Cl2N. The highest BCUT2D eigenvalue weighted by Crippen LogP contribution is 2.41. The molecule has 1 aliphatic carbocycles. The lowest BCUT2D eigenvalue weighted by Gasteiger charge is -2.19. The molecule has 1 unspecified atom stereocenters. The molecule has 0 aliphatic heterocycles. The van der Waals surface area contributed by atoms with Crippen molar-refractivity contribution in [3.63, 3.8) is 0 Å². The zero-order chi connectivity index (χ0) is 13.9. The minimum atomic E-state index is 0.419. The molecule has 3 rings (SSSR count). The lowest BCUT2D eigenvalue weighted by Crippen LogP contribution is -2.22. The van der Waals surface area contributed by atoms with E-state index in [-0.39, 0.29) is 0 Å². The fraction of sp³-hybridized carbons (Fsp3) is 0.294. The predicted molar refractivity (Wildman–Crippen MR) is 85.2 cm³/mol. The first-order chi connectivity index (χ1) is 9.74. The van der Waals surface area contributed by atoms with E-state index in [4.69, 9.17) is 23.2 Å². The summed E-state index contributed by atoms with van der Waals surface area (Å²) in [5.74, 6) is 0.753. The third-order valence-corrected chi connectivity index (χ3v) is 4.37. The van der Waals surface area contributed by atoms with Gasteiger partial charge in [-0.05, 0) is 42.0 Å². The van der Waals surface area contributed by atoms with E-state index in [0.717, 1.165) is 23.0 Å². The molecule has 104 valence electrons. The Kier molecular flexibility index (Phi) is 4.30. The zero-order valence-corrected chi connectivity index (χ0v) is 12.7. The van der Waals surface area contributed by atoms with Crippen LogP contribution in [0.25, 0.3) is 0 Å². The van der Waals surface area contributed by atoms with Gasteiger partial charge in [0.05, 0.1) is 0 Å². The lowest BCUT2D eigenvalue weighted by molar-refractivity contribution is 0.480. The number of hydrogen-bond donors (Lipinski definition) is 1. The van der Waals surface area contributed by atoms with E-state index in [1.165, 1.54) is 18.4 Å². The van der Waals surface area contributed by atoms with Gasteiger partial charge < -0.3 is 5.32 Å². The molecule has 1 atom stereocenters. The van der Waals surface area contributed by atoms with E-state index in [9.17, 15) is 0 Å². The van der Waals surface area contributed by atoms with Crippen molar-refractivity contribution in [3.05, 3.63) is 69.7 Å². The van der Waals surface area contributed by atoms with Crippen LogP contribution in [0.3, 0.4) is 0 Å². The topological polar surface area (TPSA) is 12.0 Å². The zero-order valence-electron chi connectivity index (χ0n) is 11.2. The summed E-state index contributed by atoms with van der Waals surface area (Å²) in [6.07, 6.45) is 2.61. The van der Waals surface area contributed by atoms with Gasteiger partial charge in [-0.15, -0.1) is 0 Å².